The van der Waals surface area contributed by atoms with Crippen molar-refractivity contribution in [3.05, 3.63) is 54.6 Å². The van der Waals surface area contributed by atoms with E-state index in [1.54, 1.807) is 6.07 Å². The van der Waals surface area contributed by atoms with Gasteiger partial charge in [0, 0.05) is 5.56 Å². The van der Waals surface area contributed by atoms with Crippen LogP contribution in [0.4, 0.5) is 10.5 Å². The third-order valence-electron chi connectivity index (χ3n) is 2.63. The van der Waals surface area contributed by atoms with Gasteiger partial charge in [0.15, 0.2) is 0 Å². The Bertz CT molecular complexity index is 614. The van der Waals surface area contributed by atoms with Crippen LogP contribution < -0.4 is 10.6 Å². The first-order valence-electron chi connectivity index (χ1n) is 6.02. The van der Waals surface area contributed by atoms with E-state index in [4.69, 9.17) is 11.6 Å². The van der Waals surface area contributed by atoms with Crippen LogP contribution >= 0.6 is 11.6 Å². The van der Waals surface area contributed by atoms with Crippen molar-refractivity contribution in [1.82, 2.24) is 5.32 Å². The maximum Gasteiger partial charge on any atom is 0.325 e. The highest BCUT2D eigenvalue weighted by Crippen LogP contribution is 2.27. The molecule has 0 aliphatic carbocycles. The van der Waals surface area contributed by atoms with Crippen molar-refractivity contribution in [2.24, 2.45) is 0 Å². The van der Waals surface area contributed by atoms with E-state index < -0.39 is 11.9 Å². The molecule has 0 saturated carbocycles. The number of carbonyl (C=O) groups excluding carboxylic acids is 2. The summed E-state index contributed by atoms with van der Waals surface area (Å²) in [5, 5.41) is 4.78. The molecule has 20 heavy (non-hydrogen) atoms. The molecule has 2 N–H and O–H groups in total. The lowest BCUT2D eigenvalue weighted by atomic mass is 10.0. The van der Waals surface area contributed by atoms with Crippen LogP contribution in [0.25, 0.3) is 11.1 Å². The van der Waals surface area contributed by atoms with Crippen LogP contribution in [-0.4, -0.2) is 17.8 Å². The van der Waals surface area contributed by atoms with Gasteiger partial charge in [-0.25, -0.2) is 4.79 Å². The number of hydrogen-bond donors (Lipinski definition) is 2. The molecule has 0 aromatic heterocycles. The van der Waals surface area contributed by atoms with Gasteiger partial charge in [0.2, 0.25) is 5.91 Å². The Morgan fingerprint density at radius 2 is 1.60 bits per heavy atom. The van der Waals surface area contributed by atoms with Crippen molar-refractivity contribution in [1.29, 1.82) is 0 Å². The lowest BCUT2D eigenvalue weighted by molar-refractivity contribution is -0.117. The average Bonchev–Trinajstić information content (AvgIpc) is 2.48. The Morgan fingerprint density at radius 1 is 0.950 bits per heavy atom. The van der Waals surface area contributed by atoms with Gasteiger partial charge in [0.25, 0.3) is 0 Å². The summed E-state index contributed by atoms with van der Waals surface area (Å²) in [5.74, 6) is -0.797. The fourth-order valence-electron chi connectivity index (χ4n) is 1.78. The summed E-state index contributed by atoms with van der Waals surface area (Å²) >= 11 is 5.33. The molecule has 5 heteroatoms. The van der Waals surface area contributed by atoms with E-state index >= 15 is 0 Å². The first-order valence-corrected chi connectivity index (χ1v) is 6.55. The second kappa shape index (κ2) is 6.73. The van der Waals surface area contributed by atoms with Gasteiger partial charge in [0.1, 0.15) is 5.88 Å². The quantitative estimate of drug-likeness (QED) is 0.852. The summed E-state index contributed by atoms with van der Waals surface area (Å²) in [6, 6.07) is 16.4. The van der Waals surface area contributed by atoms with Crippen LogP contribution in [0, 0.1) is 0 Å². The number of carbonyl (C=O) groups is 2. The highest BCUT2D eigenvalue weighted by molar-refractivity contribution is 6.28. The molecule has 0 saturated heterocycles. The molecule has 102 valence electrons. The third-order valence-corrected chi connectivity index (χ3v) is 2.88. The van der Waals surface area contributed by atoms with Crippen LogP contribution in [0.3, 0.4) is 0 Å². The monoisotopic (exact) mass is 288 g/mol. The predicted molar refractivity (Wildman–Crippen MR) is 79.8 cm³/mol. The Balaban J connectivity index is 2.21. The molecule has 2 aromatic rings. The Labute approximate surface area is 121 Å². The second-order valence-electron chi connectivity index (χ2n) is 4.05. The zero-order valence-electron chi connectivity index (χ0n) is 10.6. The lowest BCUT2D eigenvalue weighted by Crippen LogP contribution is -2.35. The van der Waals surface area contributed by atoms with Gasteiger partial charge < -0.3 is 5.32 Å². The molecule has 0 unspecified atom stereocenters. The molecule has 0 spiro atoms. The number of anilines is 1. The van der Waals surface area contributed by atoms with Gasteiger partial charge in [-0.05, 0) is 11.6 Å². The molecule has 0 heterocycles. The molecule has 0 atom stereocenters. The summed E-state index contributed by atoms with van der Waals surface area (Å²) in [6.07, 6.45) is 0. The highest BCUT2D eigenvalue weighted by atomic mass is 35.5. The molecule has 0 aliphatic rings. The summed E-state index contributed by atoms with van der Waals surface area (Å²) < 4.78 is 0. The zero-order valence-corrected chi connectivity index (χ0v) is 11.4. The standard InChI is InChI=1S/C15H13ClN2O2/c16-10-14(19)18-15(20)17-13-9-5-4-8-12(13)11-6-2-1-3-7-11/h1-9H,10H2,(H2,17,18,19,20). The van der Waals surface area contributed by atoms with Crippen molar-refractivity contribution in [3.63, 3.8) is 0 Å². The minimum atomic E-state index is -0.598. The summed E-state index contributed by atoms with van der Waals surface area (Å²) in [4.78, 5) is 22.7. The number of imide groups is 1. The molecule has 3 amide bonds. The molecular formula is C15H13ClN2O2. The Hall–Kier alpha value is -2.33. The molecule has 0 fully saturated rings. The van der Waals surface area contributed by atoms with E-state index in [-0.39, 0.29) is 5.88 Å². The van der Waals surface area contributed by atoms with Crippen LogP contribution in [0.2, 0.25) is 0 Å². The van der Waals surface area contributed by atoms with E-state index in [1.165, 1.54) is 0 Å². The molecule has 4 nitrogen and oxygen atoms in total. The number of urea groups is 1. The normalized spacial score (nSPS) is 9.85. The number of amides is 3. The van der Waals surface area contributed by atoms with Crippen molar-refractivity contribution >= 4 is 29.2 Å². The van der Waals surface area contributed by atoms with Gasteiger partial charge >= 0.3 is 6.03 Å². The van der Waals surface area contributed by atoms with Gasteiger partial charge in [0.05, 0.1) is 5.69 Å². The number of benzene rings is 2. The third kappa shape index (κ3) is 3.59. The van der Waals surface area contributed by atoms with Crippen LogP contribution in [-0.2, 0) is 4.79 Å². The van der Waals surface area contributed by atoms with Gasteiger partial charge in [-0.15, -0.1) is 11.6 Å². The number of para-hydroxylation sites is 1. The Morgan fingerprint density at radius 3 is 2.30 bits per heavy atom. The first-order chi connectivity index (χ1) is 9.70. The van der Waals surface area contributed by atoms with Crippen LogP contribution in [0.1, 0.15) is 0 Å². The fourth-order valence-corrected chi connectivity index (χ4v) is 1.84. The van der Waals surface area contributed by atoms with Gasteiger partial charge in [-0.2, -0.15) is 0 Å². The summed E-state index contributed by atoms with van der Waals surface area (Å²) in [7, 11) is 0. The van der Waals surface area contributed by atoms with E-state index in [9.17, 15) is 9.59 Å². The maximum absolute atomic E-state index is 11.7. The van der Waals surface area contributed by atoms with Gasteiger partial charge in [-0.3, -0.25) is 10.1 Å². The number of alkyl halides is 1. The van der Waals surface area contributed by atoms with Crippen LogP contribution in [0.15, 0.2) is 54.6 Å². The number of hydrogen-bond acceptors (Lipinski definition) is 2. The van der Waals surface area contributed by atoms with E-state index in [2.05, 4.69) is 10.6 Å². The minimum Gasteiger partial charge on any atom is -0.307 e. The SMILES string of the molecule is O=C(CCl)NC(=O)Nc1ccccc1-c1ccccc1. The maximum atomic E-state index is 11.7. The zero-order chi connectivity index (χ0) is 14.4. The fraction of sp³-hybridized carbons (Fsp3) is 0.0667. The molecule has 0 aliphatic heterocycles. The van der Waals surface area contributed by atoms with E-state index in [0.717, 1.165) is 11.1 Å². The van der Waals surface area contributed by atoms with Gasteiger partial charge in [-0.1, -0.05) is 48.5 Å². The Kier molecular flexibility index (Phi) is 4.74. The minimum absolute atomic E-state index is 0.256. The lowest BCUT2D eigenvalue weighted by Gasteiger charge is -2.11. The molecular weight excluding hydrogens is 276 g/mol. The first kappa shape index (κ1) is 14.1. The van der Waals surface area contributed by atoms with Crippen LogP contribution in [0.5, 0.6) is 0 Å². The van der Waals surface area contributed by atoms with E-state index in [1.807, 2.05) is 48.5 Å². The largest absolute Gasteiger partial charge is 0.325 e. The van der Waals surface area contributed by atoms with Crippen molar-refractivity contribution in [3.8, 4) is 11.1 Å². The average molecular weight is 289 g/mol. The summed E-state index contributed by atoms with van der Waals surface area (Å²) in [5.41, 5.74) is 2.48. The highest BCUT2D eigenvalue weighted by Gasteiger charge is 2.09. The van der Waals surface area contributed by atoms with Crippen molar-refractivity contribution in [2.75, 3.05) is 11.2 Å². The molecule has 0 radical (unpaired) electrons. The number of nitrogens with one attached hydrogen (secondary N) is 2. The number of halogens is 1. The van der Waals surface area contributed by atoms with E-state index in [0.29, 0.717) is 5.69 Å². The predicted octanol–water partition coefficient (Wildman–Crippen LogP) is 3.24. The molecule has 0 bridgehead atoms. The number of rotatable bonds is 3. The topological polar surface area (TPSA) is 58.2 Å². The van der Waals surface area contributed by atoms with Crippen molar-refractivity contribution in [2.45, 2.75) is 0 Å². The van der Waals surface area contributed by atoms with Crippen molar-refractivity contribution < 1.29 is 9.59 Å². The molecule has 2 rings (SSSR count). The molecule has 2 aromatic carbocycles. The smallest absolute Gasteiger partial charge is 0.307 e. The summed E-state index contributed by atoms with van der Waals surface area (Å²) in [6.45, 7) is 0. The second-order valence-corrected chi connectivity index (χ2v) is 4.31.